The molecule has 16 heavy (non-hydrogen) atoms. The quantitative estimate of drug-likeness (QED) is 0.730. The van der Waals surface area contributed by atoms with Crippen molar-refractivity contribution in [2.75, 3.05) is 0 Å². The maximum absolute atomic E-state index is 9.62. The van der Waals surface area contributed by atoms with E-state index in [-0.39, 0.29) is 6.10 Å². The zero-order valence-corrected chi connectivity index (χ0v) is 11.1. The average molecular weight is 226 g/mol. The molecule has 0 aromatic heterocycles. The van der Waals surface area contributed by atoms with E-state index < -0.39 is 0 Å². The van der Waals surface area contributed by atoms with Crippen LogP contribution in [0.25, 0.3) is 0 Å². The Kier molecular flexibility index (Phi) is 3.91. The summed E-state index contributed by atoms with van der Waals surface area (Å²) in [6.45, 7) is 6.77. The summed E-state index contributed by atoms with van der Waals surface area (Å²) in [7, 11) is 0. The predicted octanol–water partition coefficient (Wildman–Crippen LogP) is 1.38. The van der Waals surface area contributed by atoms with Crippen LogP contribution in [0.3, 0.4) is 0 Å². The van der Waals surface area contributed by atoms with E-state index in [0.717, 1.165) is 30.5 Å². The van der Waals surface area contributed by atoms with Crippen molar-refractivity contribution < 1.29 is 10.0 Å². The molecule has 0 aliphatic carbocycles. The fourth-order valence-corrected chi connectivity index (χ4v) is 4.32. The fourth-order valence-electron chi connectivity index (χ4n) is 4.32. The molecule has 2 unspecified atom stereocenters. The SMILES string of the molecule is CC1C[C@@H](C)C[C@@H]2CCC[C@@H](C[C@H](C)O)[NH+]12. The molecule has 2 N–H and O–H groups in total. The molecule has 2 aliphatic heterocycles. The van der Waals surface area contributed by atoms with Gasteiger partial charge in [0.05, 0.1) is 24.2 Å². The first kappa shape index (κ1) is 12.4. The van der Waals surface area contributed by atoms with Gasteiger partial charge in [0.15, 0.2) is 0 Å². The van der Waals surface area contributed by atoms with Crippen LogP contribution in [0.5, 0.6) is 0 Å². The van der Waals surface area contributed by atoms with Crippen molar-refractivity contribution in [1.82, 2.24) is 0 Å². The first-order valence-electron chi connectivity index (χ1n) is 7.12. The summed E-state index contributed by atoms with van der Waals surface area (Å²) in [4.78, 5) is 1.82. The maximum Gasteiger partial charge on any atom is 0.0903 e. The highest BCUT2D eigenvalue weighted by atomic mass is 16.3. The zero-order valence-electron chi connectivity index (χ0n) is 11.1. The van der Waals surface area contributed by atoms with Gasteiger partial charge in [-0.25, -0.2) is 0 Å². The Bertz CT molecular complexity index is 229. The molecule has 2 heteroatoms. The topological polar surface area (TPSA) is 24.7 Å². The van der Waals surface area contributed by atoms with Gasteiger partial charge in [0.1, 0.15) is 0 Å². The standard InChI is InChI=1S/C14H27NO/c1-10-7-11(2)15-13(8-10)5-4-6-14(15)9-12(3)16/h10-14,16H,4-9H2,1-3H3/p+1/t10-,11?,12+,13+,14+/m1/s1. The van der Waals surface area contributed by atoms with E-state index in [1.807, 2.05) is 11.8 Å². The number of aliphatic hydroxyl groups excluding tert-OH is 1. The van der Waals surface area contributed by atoms with Crippen molar-refractivity contribution in [3.63, 3.8) is 0 Å². The lowest BCUT2D eigenvalue weighted by atomic mass is 9.80. The molecule has 2 nitrogen and oxygen atoms in total. The van der Waals surface area contributed by atoms with E-state index in [1.165, 1.54) is 32.1 Å². The van der Waals surface area contributed by atoms with Crippen molar-refractivity contribution in [2.24, 2.45) is 5.92 Å². The molecule has 0 radical (unpaired) electrons. The van der Waals surface area contributed by atoms with Crippen LogP contribution in [-0.2, 0) is 0 Å². The average Bonchev–Trinajstić information content (AvgIpc) is 2.15. The van der Waals surface area contributed by atoms with E-state index in [0.29, 0.717) is 0 Å². The summed E-state index contributed by atoms with van der Waals surface area (Å²) >= 11 is 0. The Morgan fingerprint density at radius 3 is 2.69 bits per heavy atom. The summed E-state index contributed by atoms with van der Waals surface area (Å²) in [5.74, 6) is 0.911. The molecule has 0 bridgehead atoms. The van der Waals surface area contributed by atoms with Crippen LogP contribution in [0, 0.1) is 5.92 Å². The third-order valence-corrected chi connectivity index (χ3v) is 4.69. The van der Waals surface area contributed by atoms with Gasteiger partial charge in [-0.05, 0) is 39.0 Å². The first-order valence-corrected chi connectivity index (χ1v) is 7.12. The van der Waals surface area contributed by atoms with E-state index in [2.05, 4.69) is 13.8 Å². The van der Waals surface area contributed by atoms with Crippen molar-refractivity contribution in [3.05, 3.63) is 0 Å². The van der Waals surface area contributed by atoms with Crippen LogP contribution < -0.4 is 4.90 Å². The molecule has 0 aromatic rings. The molecular weight excluding hydrogens is 198 g/mol. The minimum Gasteiger partial charge on any atom is -0.393 e. The molecule has 94 valence electrons. The smallest absolute Gasteiger partial charge is 0.0903 e. The second-order valence-electron chi connectivity index (χ2n) is 6.39. The van der Waals surface area contributed by atoms with E-state index in [9.17, 15) is 5.11 Å². The predicted molar refractivity (Wildman–Crippen MR) is 66.5 cm³/mol. The number of fused-ring (bicyclic) bond motifs is 1. The van der Waals surface area contributed by atoms with Gasteiger partial charge in [-0.15, -0.1) is 0 Å². The molecule has 2 fully saturated rings. The Morgan fingerprint density at radius 1 is 1.25 bits per heavy atom. The lowest BCUT2D eigenvalue weighted by molar-refractivity contribution is -0.983. The van der Waals surface area contributed by atoms with E-state index in [4.69, 9.17) is 0 Å². The fraction of sp³-hybridized carbons (Fsp3) is 1.00. The minimum absolute atomic E-state index is 0.122. The van der Waals surface area contributed by atoms with Crippen molar-refractivity contribution in [3.8, 4) is 0 Å². The van der Waals surface area contributed by atoms with Gasteiger partial charge in [-0.3, -0.25) is 0 Å². The minimum atomic E-state index is -0.122. The monoisotopic (exact) mass is 226 g/mol. The van der Waals surface area contributed by atoms with Gasteiger partial charge in [0.25, 0.3) is 0 Å². The molecule has 2 heterocycles. The largest absolute Gasteiger partial charge is 0.393 e. The second kappa shape index (κ2) is 5.05. The molecule has 0 aromatic carbocycles. The summed E-state index contributed by atoms with van der Waals surface area (Å²) in [5, 5.41) is 9.62. The molecule has 2 saturated heterocycles. The molecule has 2 aliphatic rings. The Morgan fingerprint density at radius 2 is 2.00 bits per heavy atom. The van der Waals surface area contributed by atoms with E-state index in [1.54, 1.807) is 0 Å². The highest BCUT2D eigenvalue weighted by molar-refractivity contribution is 4.78. The second-order valence-corrected chi connectivity index (χ2v) is 6.39. The van der Waals surface area contributed by atoms with Crippen LogP contribution in [0.4, 0.5) is 0 Å². The van der Waals surface area contributed by atoms with Crippen LogP contribution in [0.1, 0.15) is 59.3 Å². The van der Waals surface area contributed by atoms with Crippen LogP contribution in [0.2, 0.25) is 0 Å². The van der Waals surface area contributed by atoms with Gasteiger partial charge in [0, 0.05) is 19.3 Å². The molecular formula is C14H28NO+. The number of hydrogen-bond acceptors (Lipinski definition) is 1. The Balaban J connectivity index is 2.04. The number of quaternary nitrogens is 1. The zero-order chi connectivity index (χ0) is 11.7. The van der Waals surface area contributed by atoms with Gasteiger partial charge in [-0.2, -0.15) is 0 Å². The third kappa shape index (κ3) is 2.60. The lowest BCUT2D eigenvalue weighted by Gasteiger charge is -2.47. The first-order chi connectivity index (χ1) is 7.58. The summed E-state index contributed by atoms with van der Waals surface area (Å²) < 4.78 is 0. The highest BCUT2D eigenvalue weighted by Crippen LogP contribution is 2.24. The summed E-state index contributed by atoms with van der Waals surface area (Å²) in [5.41, 5.74) is 0. The van der Waals surface area contributed by atoms with Crippen LogP contribution >= 0.6 is 0 Å². The Hall–Kier alpha value is -0.0800. The van der Waals surface area contributed by atoms with Crippen LogP contribution in [0.15, 0.2) is 0 Å². The molecule has 0 amide bonds. The van der Waals surface area contributed by atoms with Gasteiger partial charge < -0.3 is 10.0 Å². The molecule has 2 rings (SSSR count). The molecule has 0 saturated carbocycles. The van der Waals surface area contributed by atoms with Crippen LogP contribution in [-0.4, -0.2) is 29.3 Å². The molecule has 0 spiro atoms. The van der Waals surface area contributed by atoms with Crippen molar-refractivity contribution >= 4 is 0 Å². The molecule has 6 atom stereocenters. The van der Waals surface area contributed by atoms with Gasteiger partial charge in [-0.1, -0.05) is 6.92 Å². The highest BCUT2D eigenvalue weighted by Gasteiger charge is 2.42. The van der Waals surface area contributed by atoms with E-state index >= 15 is 0 Å². The van der Waals surface area contributed by atoms with Gasteiger partial charge >= 0.3 is 0 Å². The number of rotatable bonds is 2. The van der Waals surface area contributed by atoms with Crippen molar-refractivity contribution in [1.29, 1.82) is 0 Å². The number of aliphatic hydroxyl groups is 1. The number of hydrogen-bond donors (Lipinski definition) is 2. The third-order valence-electron chi connectivity index (χ3n) is 4.69. The number of piperidine rings is 2. The van der Waals surface area contributed by atoms with Gasteiger partial charge in [0.2, 0.25) is 0 Å². The Labute approximate surface area is 100 Å². The normalized spacial score (nSPS) is 46.1. The number of nitrogens with one attached hydrogen (secondary N) is 1. The lowest BCUT2D eigenvalue weighted by Crippen LogP contribution is -3.23. The van der Waals surface area contributed by atoms with Crippen molar-refractivity contribution in [2.45, 2.75) is 83.5 Å². The summed E-state index contributed by atoms with van der Waals surface area (Å²) in [6.07, 6.45) is 7.80. The maximum atomic E-state index is 9.62. The summed E-state index contributed by atoms with van der Waals surface area (Å²) in [6, 6.07) is 2.41.